The molecule has 7 heteroatoms. The summed E-state index contributed by atoms with van der Waals surface area (Å²) in [5.41, 5.74) is 2.14. The third-order valence-electron chi connectivity index (χ3n) is 3.29. The lowest BCUT2D eigenvalue weighted by Crippen LogP contribution is -2.09. The summed E-state index contributed by atoms with van der Waals surface area (Å²) in [4.78, 5) is 38.7. The van der Waals surface area contributed by atoms with E-state index in [1.807, 2.05) is 0 Å². The number of ketones is 2. The smallest absolute Gasteiger partial charge is 0.230 e. The molecule has 0 atom stereocenters. The van der Waals surface area contributed by atoms with Crippen LogP contribution >= 0.6 is 0 Å². The minimum absolute atomic E-state index is 0.264. The number of H-pyrrole nitrogens is 1. The van der Waals surface area contributed by atoms with Crippen LogP contribution in [0.5, 0.6) is 5.75 Å². The summed E-state index contributed by atoms with van der Waals surface area (Å²) < 4.78 is 5.27. The minimum atomic E-state index is -0.578. The van der Waals surface area contributed by atoms with E-state index in [-0.39, 0.29) is 5.56 Å². The molecule has 0 saturated heterocycles. The van der Waals surface area contributed by atoms with Gasteiger partial charge in [0.25, 0.3) is 0 Å². The van der Waals surface area contributed by atoms with Gasteiger partial charge in [-0.3, -0.25) is 14.6 Å². The summed E-state index contributed by atoms with van der Waals surface area (Å²) in [6.45, 7) is 1.24. The molecule has 3 rings (SSSR count). The number of aromatic amines is 1. The number of aromatic nitrogens is 4. The van der Waals surface area contributed by atoms with E-state index in [2.05, 4.69) is 19.9 Å². The van der Waals surface area contributed by atoms with Crippen LogP contribution < -0.4 is 4.74 Å². The number of hydrogen-bond acceptors (Lipinski definition) is 6. The predicted molar refractivity (Wildman–Crippen MR) is 78.7 cm³/mol. The largest absolute Gasteiger partial charge is 0.494 e. The van der Waals surface area contributed by atoms with Crippen LogP contribution in [0.25, 0.3) is 22.2 Å². The average molecular weight is 296 g/mol. The van der Waals surface area contributed by atoms with Gasteiger partial charge in [-0.05, 0) is 0 Å². The van der Waals surface area contributed by atoms with Gasteiger partial charge < -0.3 is 9.72 Å². The first-order valence-corrected chi connectivity index (χ1v) is 6.48. The lowest BCUT2D eigenvalue weighted by molar-refractivity contribution is -0.113. The van der Waals surface area contributed by atoms with Crippen LogP contribution in [0.2, 0.25) is 0 Å². The molecule has 0 fully saturated rings. The first-order valence-electron chi connectivity index (χ1n) is 6.48. The zero-order valence-electron chi connectivity index (χ0n) is 12.0. The second-order valence-corrected chi connectivity index (χ2v) is 4.64. The van der Waals surface area contributed by atoms with Crippen molar-refractivity contribution in [2.75, 3.05) is 7.11 Å². The molecular formula is C15H12N4O3. The van der Waals surface area contributed by atoms with E-state index in [1.165, 1.54) is 32.8 Å². The first-order chi connectivity index (χ1) is 10.6. The van der Waals surface area contributed by atoms with Crippen molar-refractivity contribution in [1.82, 2.24) is 19.9 Å². The molecule has 22 heavy (non-hydrogen) atoms. The third kappa shape index (κ3) is 2.12. The number of pyridine rings is 1. The fourth-order valence-electron chi connectivity index (χ4n) is 2.28. The molecule has 3 heterocycles. The first kappa shape index (κ1) is 13.9. The van der Waals surface area contributed by atoms with E-state index >= 15 is 0 Å². The molecule has 7 nitrogen and oxygen atoms in total. The van der Waals surface area contributed by atoms with Gasteiger partial charge in [0.2, 0.25) is 5.78 Å². The SMILES string of the molecule is COc1cnc(-c2cncnc2)c2[nH]cc(C(=O)C(C)=O)c12. The number of fused-ring (bicyclic) bond motifs is 1. The highest BCUT2D eigenvalue weighted by molar-refractivity contribution is 6.45. The summed E-state index contributed by atoms with van der Waals surface area (Å²) in [5.74, 6) is -0.697. The second-order valence-electron chi connectivity index (χ2n) is 4.64. The Hall–Kier alpha value is -3.09. The Bertz CT molecular complexity index is 871. The molecule has 1 N–H and O–H groups in total. The van der Waals surface area contributed by atoms with Crippen molar-refractivity contribution in [3.63, 3.8) is 0 Å². The van der Waals surface area contributed by atoms with E-state index < -0.39 is 11.6 Å². The lowest BCUT2D eigenvalue weighted by atomic mass is 10.1. The molecule has 0 aromatic carbocycles. The number of ether oxygens (including phenoxy) is 1. The van der Waals surface area contributed by atoms with Crippen molar-refractivity contribution in [3.05, 3.63) is 36.7 Å². The van der Waals surface area contributed by atoms with Crippen LogP contribution in [0.3, 0.4) is 0 Å². The van der Waals surface area contributed by atoms with Gasteiger partial charge in [0.15, 0.2) is 5.78 Å². The number of nitrogens with zero attached hydrogens (tertiary/aromatic N) is 3. The highest BCUT2D eigenvalue weighted by Crippen LogP contribution is 2.34. The van der Waals surface area contributed by atoms with Gasteiger partial charge in [0.1, 0.15) is 12.1 Å². The number of hydrogen-bond donors (Lipinski definition) is 1. The number of methoxy groups -OCH3 is 1. The normalized spacial score (nSPS) is 10.6. The Kier molecular flexibility index (Phi) is 3.38. The van der Waals surface area contributed by atoms with Crippen molar-refractivity contribution >= 4 is 22.5 Å². The van der Waals surface area contributed by atoms with Crippen LogP contribution in [0.1, 0.15) is 17.3 Å². The summed E-state index contributed by atoms with van der Waals surface area (Å²) in [5, 5.41) is 0.525. The van der Waals surface area contributed by atoms with Crippen LogP contribution in [-0.4, -0.2) is 38.6 Å². The van der Waals surface area contributed by atoms with Crippen LogP contribution in [0.15, 0.2) is 31.1 Å². The highest BCUT2D eigenvalue weighted by atomic mass is 16.5. The van der Waals surface area contributed by atoms with Crippen molar-refractivity contribution in [2.45, 2.75) is 6.92 Å². The zero-order chi connectivity index (χ0) is 15.7. The summed E-state index contributed by atoms with van der Waals surface area (Å²) in [7, 11) is 1.48. The van der Waals surface area contributed by atoms with Crippen molar-refractivity contribution in [1.29, 1.82) is 0 Å². The second kappa shape index (κ2) is 5.36. The Morgan fingerprint density at radius 2 is 1.91 bits per heavy atom. The van der Waals surface area contributed by atoms with Gasteiger partial charge in [0, 0.05) is 31.1 Å². The van der Waals surface area contributed by atoms with Gasteiger partial charge in [0.05, 0.1) is 35.5 Å². The number of carbonyl (C=O) groups excluding carboxylic acids is 2. The Morgan fingerprint density at radius 3 is 2.55 bits per heavy atom. The molecule has 0 bridgehead atoms. The fraction of sp³-hybridized carbons (Fsp3) is 0.133. The molecular weight excluding hydrogens is 284 g/mol. The molecule has 0 aliphatic heterocycles. The van der Waals surface area contributed by atoms with Crippen LogP contribution in [0, 0.1) is 0 Å². The van der Waals surface area contributed by atoms with Gasteiger partial charge in [-0.25, -0.2) is 9.97 Å². The fourth-order valence-corrected chi connectivity index (χ4v) is 2.28. The predicted octanol–water partition coefficient (Wildman–Crippen LogP) is 1.80. The van der Waals surface area contributed by atoms with Gasteiger partial charge >= 0.3 is 0 Å². The molecule has 0 amide bonds. The summed E-state index contributed by atoms with van der Waals surface area (Å²) >= 11 is 0. The Balaban J connectivity index is 2.31. The van der Waals surface area contributed by atoms with E-state index in [0.29, 0.717) is 27.9 Å². The number of carbonyl (C=O) groups is 2. The molecule has 0 aliphatic rings. The molecule has 0 aliphatic carbocycles. The maximum Gasteiger partial charge on any atom is 0.230 e. The summed E-state index contributed by atoms with van der Waals surface area (Å²) in [6, 6.07) is 0. The molecule has 110 valence electrons. The Morgan fingerprint density at radius 1 is 1.18 bits per heavy atom. The Labute approximate surface area is 125 Å². The molecule has 0 radical (unpaired) electrons. The number of Topliss-reactive ketones (excluding diaryl/α,β-unsaturated/α-hetero) is 2. The van der Waals surface area contributed by atoms with Gasteiger partial charge in [-0.15, -0.1) is 0 Å². The quantitative estimate of drug-likeness (QED) is 0.582. The lowest BCUT2D eigenvalue weighted by Gasteiger charge is -2.07. The van der Waals surface area contributed by atoms with E-state index in [0.717, 1.165) is 0 Å². The maximum atomic E-state index is 12.1. The monoisotopic (exact) mass is 296 g/mol. The van der Waals surface area contributed by atoms with Crippen molar-refractivity contribution < 1.29 is 14.3 Å². The van der Waals surface area contributed by atoms with E-state index in [4.69, 9.17) is 4.74 Å². The molecule has 0 spiro atoms. The highest BCUT2D eigenvalue weighted by Gasteiger charge is 2.22. The van der Waals surface area contributed by atoms with Crippen molar-refractivity contribution in [2.24, 2.45) is 0 Å². The minimum Gasteiger partial charge on any atom is -0.494 e. The van der Waals surface area contributed by atoms with Crippen LogP contribution in [-0.2, 0) is 4.79 Å². The molecule has 3 aromatic heterocycles. The average Bonchev–Trinajstić information content (AvgIpc) is 2.99. The standard InChI is InChI=1S/C15H12N4O3/c1-8(20)15(21)10-5-18-14-12(10)11(22-2)6-19-13(14)9-3-16-7-17-4-9/h3-7,18H,1-2H3. The van der Waals surface area contributed by atoms with Gasteiger partial charge in [-0.1, -0.05) is 0 Å². The van der Waals surface area contributed by atoms with Crippen LogP contribution in [0.4, 0.5) is 0 Å². The molecule has 0 saturated carbocycles. The van der Waals surface area contributed by atoms with Gasteiger partial charge in [-0.2, -0.15) is 0 Å². The number of nitrogens with one attached hydrogen (secondary N) is 1. The number of rotatable bonds is 4. The third-order valence-corrected chi connectivity index (χ3v) is 3.29. The van der Waals surface area contributed by atoms with Crippen molar-refractivity contribution in [3.8, 4) is 17.0 Å². The molecule has 0 unspecified atom stereocenters. The topological polar surface area (TPSA) is 97.8 Å². The van der Waals surface area contributed by atoms with E-state index in [9.17, 15) is 9.59 Å². The molecule has 3 aromatic rings. The van der Waals surface area contributed by atoms with E-state index in [1.54, 1.807) is 12.4 Å². The zero-order valence-corrected chi connectivity index (χ0v) is 12.0. The maximum absolute atomic E-state index is 12.1. The summed E-state index contributed by atoms with van der Waals surface area (Å²) in [6.07, 6.45) is 7.66.